The highest BCUT2D eigenvalue weighted by molar-refractivity contribution is 7.36. The minimum atomic E-state index is 1.04. The van der Waals surface area contributed by atoms with Crippen LogP contribution in [0, 0.1) is 0 Å². The maximum atomic E-state index is 2.39. The van der Waals surface area contributed by atoms with Gasteiger partial charge in [0.2, 0.25) is 0 Å². The van der Waals surface area contributed by atoms with E-state index in [0.717, 1.165) is 6.54 Å². The number of rotatable bonds is 1. The van der Waals surface area contributed by atoms with Crippen LogP contribution in [0.3, 0.4) is 0 Å². The highest BCUT2D eigenvalue weighted by atomic mass is 31.0. The molecular formula is C13H12NP. The Bertz CT molecular complexity index is 571. The average Bonchev–Trinajstić information content (AvgIpc) is 2.63. The molecule has 2 heterocycles. The van der Waals surface area contributed by atoms with Crippen LogP contribution in [0.2, 0.25) is 0 Å². The second-order valence-corrected chi connectivity index (χ2v) is 4.64. The second-order valence-electron chi connectivity index (χ2n) is 3.63. The molecule has 0 bridgehead atoms. The summed E-state index contributed by atoms with van der Waals surface area (Å²) >= 11 is 0. The van der Waals surface area contributed by atoms with Crippen molar-refractivity contribution in [1.82, 2.24) is 4.57 Å². The lowest BCUT2D eigenvalue weighted by molar-refractivity contribution is 0.827. The summed E-state index contributed by atoms with van der Waals surface area (Å²) in [5.74, 6) is 2.20. The molecular weight excluding hydrogens is 201 g/mol. The Labute approximate surface area is 90.4 Å². The van der Waals surface area contributed by atoms with E-state index in [-0.39, 0.29) is 0 Å². The van der Waals surface area contributed by atoms with Crippen LogP contribution < -0.4 is 0 Å². The molecule has 0 aliphatic rings. The van der Waals surface area contributed by atoms with E-state index in [1.165, 1.54) is 29.7 Å². The van der Waals surface area contributed by atoms with Crippen LogP contribution in [0.1, 0.15) is 6.92 Å². The Morgan fingerprint density at radius 3 is 2.73 bits per heavy atom. The summed E-state index contributed by atoms with van der Waals surface area (Å²) in [7, 11) is 1.32. The lowest BCUT2D eigenvalue weighted by atomic mass is 10.2. The van der Waals surface area contributed by atoms with E-state index in [2.05, 4.69) is 53.7 Å². The summed E-state index contributed by atoms with van der Waals surface area (Å²) in [6.45, 7) is 3.24. The Morgan fingerprint density at radius 1 is 1.07 bits per heavy atom. The van der Waals surface area contributed by atoms with Gasteiger partial charge in [-0.2, -0.15) is 0 Å². The topological polar surface area (TPSA) is 4.93 Å². The summed E-state index contributed by atoms with van der Waals surface area (Å²) in [5, 5.41) is 2.85. The van der Waals surface area contributed by atoms with Gasteiger partial charge in [0.05, 0.1) is 5.52 Å². The number of nitrogens with zero attached hydrogens (tertiary/aromatic N) is 1. The van der Waals surface area contributed by atoms with Crippen molar-refractivity contribution in [2.45, 2.75) is 13.5 Å². The lowest BCUT2D eigenvalue weighted by Crippen LogP contribution is -1.91. The second kappa shape index (κ2) is 3.36. The predicted octanol–water partition coefficient (Wildman–Crippen LogP) is 4.39. The molecule has 0 spiro atoms. The normalized spacial score (nSPS) is 11.8. The van der Waals surface area contributed by atoms with Crippen LogP contribution in [-0.2, 0) is 6.54 Å². The van der Waals surface area contributed by atoms with Crippen LogP contribution in [0.25, 0.3) is 21.5 Å². The fourth-order valence-corrected chi connectivity index (χ4v) is 3.18. The Balaban J connectivity index is 2.62. The first kappa shape index (κ1) is 8.94. The quantitative estimate of drug-likeness (QED) is 0.564. The molecule has 0 saturated carbocycles. The van der Waals surface area contributed by atoms with E-state index in [0.29, 0.717) is 0 Å². The third-order valence-corrected chi connectivity index (χ3v) is 3.89. The first-order valence-corrected chi connectivity index (χ1v) is 6.20. The Hall–Kier alpha value is -1.33. The molecule has 1 nitrogen and oxygen atoms in total. The average molecular weight is 213 g/mol. The van der Waals surface area contributed by atoms with Gasteiger partial charge in [-0.15, -0.1) is 0 Å². The molecule has 74 valence electrons. The van der Waals surface area contributed by atoms with Gasteiger partial charge in [-0.25, -0.2) is 0 Å². The number of aryl methyl sites for hydroxylation is 1. The van der Waals surface area contributed by atoms with Crippen molar-refractivity contribution in [3.8, 4) is 0 Å². The van der Waals surface area contributed by atoms with E-state index in [9.17, 15) is 0 Å². The smallest absolute Gasteiger partial charge is 0.0538 e. The monoisotopic (exact) mass is 213 g/mol. The van der Waals surface area contributed by atoms with Gasteiger partial charge < -0.3 is 4.57 Å². The molecule has 3 aromatic rings. The SMILES string of the molecule is CCn1c2ccccc2c2pcccc21. The maximum absolute atomic E-state index is 2.39. The molecule has 2 heteroatoms. The summed E-state index contributed by atoms with van der Waals surface area (Å²) in [4.78, 5) is 0. The van der Waals surface area contributed by atoms with Crippen molar-refractivity contribution in [3.05, 3.63) is 42.2 Å². The number of hydrogen-bond acceptors (Lipinski definition) is 0. The molecule has 0 unspecified atom stereocenters. The molecule has 1 aromatic carbocycles. The van der Waals surface area contributed by atoms with Gasteiger partial charge in [0.1, 0.15) is 0 Å². The zero-order chi connectivity index (χ0) is 10.3. The van der Waals surface area contributed by atoms with Crippen molar-refractivity contribution in [2.24, 2.45) is 0 Å². The summed E-state index contributed by atoms with van der Waals surface area (Å²) in [6.07, 6.45) is 0. The largest absolute Gasteiger partial charge is 0.340 e. The minimum Gasteiger partial charge on any atom is -0.340 e. The van der Waals surface area contributed by atoms with Crippen LogP contribution in [-0.4, -0.2) is 4.57 Å². The number of fused-ring (bicyclic) bond motifs is 3. The molecule has 3 rings (SSSR count). The van der Waals surface area contributed by atoms with Crippen LogP contribution in [0.5, 0.6) is 0 Å². The zero-order valence-electron chi connectivity index (χ0n) is 8.64. The standard InChI is InChI=1S/C13H12NP/c1-2-14-11-7-4-3-6-10(11)13-12(14)8-5-9-15-13/h3-9H,2H2,1H3. The van der Waals surface area contributed by atoms with Crippen molar-refractivity contribution in [2.75, 3.05) is 0 Å². The molecule has 0 N–H and O–H groups in total. The van der Waals surface area contributed by atoms with Crippen LogP contribution >= 0.6 is 8.19 Å². The van der Waals surface area contributed by atoms with E-state index in [1.54, 1.807) is 0 Å². The maximum Gasteiger partial charge on any atom is 0.0538 e. The van der Waals surface area contributed by atoms with Crippen molar-refractivity contribution >= 4 is 29.7 Å². The fraction of sp³-hybridized carbons (Fsp3) is 0.154. The molecule has 0 atom stereocenters. The highest BCUT2D eigenvalue weighted by Gasteiger charge is 2.07. The highest BCUT2D eigenvalue weighted by Crippen LogP contribution is 2.33. The van der Waals surface area contributed by atoms with Gasteiger partial charge in [-0.05, 0) is 24.9 Å². The first-order valence-electron chi connectivity index (χ1n) is 5.24. The zero-order valence-corrected chi connectivity index (χ0v) is 9.54. The number of hydrogen-bond donors (Lipinski definition) is 0. The number of para-hydroxylation sites is 1. The van der Waals surface area contributed by atoms with Gasteiger partial charge in [-0.1, -0.05) is 32.5 Å². The van der Waals surface area contributed by atoms with E-state index >= 15 is 0 Å². The summed E-state index contributed by atoms with van der Waals surface area (Å²) in [6, 6.07) is 13.0. The van der Waals surface area contributed by atoms with Gasteiger partial charge >= 0.3 is 0 Å². The Kier molecular flexibility index (Phi) is 2.00. The predicted molar refractivity (Wildman–Crippen MR) is 67.6 cm³/mol. The molecule has 15 heavy (non-hydrogen) atoms. The molecule has 0 saturated heterocycles. The Morgan fingerprint density at radius 2 is 1.87 bits per heavy atom. The van der Waals surface area contributed by atoms with Crippen LogP contribution in [0.15, 0.2) is 42.2 Å². The third kappa shape index (κ3) is 1.20. The summed E-state index contributed by atoms with van der Waals surface area (Å²) in [5.41, 5.74) is 2.74. The molecule has 2 aromatic heterocycles. The van der Waals surface area contributed by atoms with Crippen molar-refractivity contribution in [3.63, 3.8) is 0 Å². The molecule has 0 aliphatic heterocycles. The van der Waals surface area contributed by atoms with Gasteiger partial charge in [0.25, 0.3) is 0 Å². The van der Waals surface area contributed by atoms with E-state index in [4.69, 9.17) is 0 Å². The van der Waals surface area contributed by atoms with Crippen LogP contribution in [0.4, 0.5) is 0 Å². The lowest BCUT2D eigenvalue weighted by Gasteiger charge is -2.01. The molecule has 0 amide bonds. The first-order chi connectivity index (χ1) is 7.42. The van der Waals surface area contributed by atoms with E-state index < -0.39 is 0 Å². The molecule has 0 fully saturated rings. The molecule has 0 radical (unpaired) electrons. The third-order valence-electron chi connectivity index (χ3n) is 2.84. The van der Waals surface area contributed by atoms with Crippen molar-refractivity contribution < 1.29 is 0 Å². The number of aromatic nitrogens is 1. The summed E-state index contributed by atoms with van der Waals surface area (Å²) < 4.78 is 2.39. The van der Waals surface area contributed by atoms with Gasteiger partial charge in [-0.3, -0.25) is 0 Å². The van der Waals surface area contributed by atoms with Crippen molar-refractivity contribution in [1.29, 1.82) is 0 Å². The van der Waals surface area contributed by atoms with E-state index in [1.807, 2.05) is 0 Å². The number of benzene rings is 1. The minimum absolute atomic E-state index is 1.04. The fourth-order valence-electron chi connectivity index (χ4n) is 2.20. The van der Waals surface area contributed by atoms with Gasteiger partial charge in [0.15, 0.2) is 0 Å². The molecule has 0 aliphatic carbocycles. The van der Waals surface area contributed by atoms with Gasteiger partial charge in [0, 0.05) is 22.6 Å².